The SMILES string of the molecule is O=C([O-])C1CCCCCCCOC1. The molecule has 1 saturated heterocycles. The molecule has 1 unspecified atom stereocenters. The molecule has 0 aliphatic carbocycles. The molecule has 3 nitrogen and oxygen atoms in total. The van der Waals surface area contributed by atoms with E-state index in [1.807, 2.05) is 0 Å². The summed E-state index contributed by atoms with van der Waals surface area (Å²) < 4.78 is 5.26. The van der Waals surface area contributed by atoms with Gasteiger partial charge in [-0.15, -0.1) is 0 Å². The summed E-state index contributed by atoms with van der Waals surface area (Å²) >= 11 is 0. The van der Waals surface area contributed by atoms with Gasteiger partial charge < -0.3 is 14.6 Å². The first-order valence-corrected chi connectivity index (χ1v) is 5.09. The summed E-state index contributed by atoms with van der Waals surface area (Å²) in [5.41, 5.74) is 0. The molecular formula is C10H17O3-. The highest BCUT2D eigenvalue weighted by Gasteiger charge is 2.10. The molecule has 13 heavy (non-hydrogen) atoms. The molecule has 76 valence electrons. The fraction of sp³-hybridized carbons (Fsp3) is 0.900. The smallest absolute Gasteiger partial charge is 0.0546 e. The molecule has 0 radical (unpaired) electrons. The van der Waals surface area contributed by atoms with E-state index < -0.39 is 11.9 Å². The molecule has 0 aromatic rings. The Morgan fingerprint density at radius 1 is 1.15 bits per heavy atom. The molecule has 1 rings (SSSR count). The van der Waals surface area contributed by atoms with E-state index in [-0.39, 0.29) is 0 Å². The van der Waals surface area contributed by atoms with Crippen LogP contribution < -0.4 is 5.11 Å². The highest BCUT2D eigenvalue weighted by molar-refractivity contribution is 5.67. The van der Waals surface area contributed by atoms with Crippen LogP contribution in [0.25, 0.3) is 0 Å². The van der Waals surface area contributed by atoms with Crippen LogP contribution in [-0.2, 0) is 9.53 Å². The van der Waals surface area contributed by atoms with Gasteiger partial charge in [0.25, 0.3) is 0 Å². The lowest BCUT2D eigenvalue weighted by atomic mass is 10.0. The molecule has 0 aromatic carbocycles. The van der Waals surface area contributed by atoms with E-state index >= 15 is 0 Å². The van der Waals surface area contributed by atoms with Crippen LogP contribution in [0.15, 0.2) is 0 Å². The molecule has 0 spiro atoms. The molecule has 0 aromatic heterocycles. The number of carboxylic acids is 1. The highest BCUT2D eigenvalue weighted by Crippen LogP contribution is 2.14. The zero-order valence-corrected chi connectivity index (χ0v) is 7.96. The van der Waals surface area contributed by atoms with E-state index in [2.05, 4.69) is 0 Å². The fourth-order valence-electron chi connectivity index (χ4n) is 1.62. The molecule has 0 N–H and O–H groups in total. The van der Waals surface area contributed by atoms with Gasteiger partial charge in [0.15, 0.2) is 0 Å². The first-order chi connectivity index (χ1) is 6.30. The van der Waals surface area contributed by atoms with E-state index in [0.29, 0.717) is 19.6 Å². The van der Waals surface area contributed by atoms with Crippen molar-refractivity contribution in [2.75, 3.05) is 13.2 Å². The number of aliphatic carboxylic acids is 1. The second-order valence-corrected chi connectivity index (χ2v) is 3.65. The third-order valence-corrected chi connectivity index (χ3v) is 2.49. The van der Waals surface area contributed by atoms with Crippen LogP contribution in [0, 0.1) is 5.92 Å². The van der Waals surface area contributed by atoms with Gasteiger partial charge in [-0.25, -0.2) is 0 Å². The highest BCUT2D eigenvalue weighted by atomic mass is 16.5. The predicted molar refractivity (Wildman–Crippen MR) is 47.0 cm³/mol. The molecule has 1 heterocycles. The molecule has 0 amide bonds. The van der Waals surface area contributed by atoms with E-state index in [9.17, 15) is 9.90 Å². The third-order valence-electron chi connectivity index (χ3n) is 2.49. The summed E-state index contributed by atoms with van der Waals surface area (Å²) in [6.45, 7) is 1.03. The molecule has 3 heteroatoms. The lowest BCUT2D eigenvalue weighted by Gasteiger charge is -2.19. The van der Waals surface area contributed by atoms with Crippen molar-refractivity contribution < 1.29 is 14.6 Å². The molecule has 0 saturated carbocycles. The normalized spacial score (nSPS) is 26.6. The number of carbonyl (C=O) groups is 1. The Bertz CT molecular complexity index is 146. The second kappa shape index (κ2) is 5.97. The Labute approximate surface area is 79.1 Å². The monoisotopic (exact) mass is 185 g/mol. The first kappa shape index (κ1) is 10.5. The number of ether oxygens (including phenoxy) is 1. The summed E-state index contributed by atoms with van der Waals surface area (Å²) in [5.74, 6) is -1.35. The third kappa shape index (κ3) is 4.27. The topological polar surface area (TPSA) is 49.4 Å². The van der Waals surface area contributed by atoms with Gasteiger partial charge in [-0.05, 0) is 12.8 Å². The minimum absolute atomic E-state index is 0.336. The van der Waals surface area contributed by atoms with Crippen LogP contribution in [0.1, 0.15) is 38.5 Å². The predicted octanol–water partition coefficient (Wildman–Crippen LogP) is 0.723. The second-order valence-electron chi connectivity index (χ2n) is 3.65. The molecule has 1 atom stereocenters. The zero-order valence-electron chi connectivity index (χ0n) is 7.96. The average molecular weight is 185 g/mol. The van der Waals surface area contributed by atoms with Crippen LogP contribution in [0.5, 0.6) is 0 Å². The van der Waals surface area contributed by atoms with Crippen molar-refractivity contribution in [2.24, 2.45) is 5.92 Å². The molecule has 1 fully saturated rings. The van der Waals surface area contributed by atoms with E-state index in [1.54, 1.807) is 0 Å². The van der Waals surface area contributed by atoms with Gasteiger partial charge in [0.1, 0.15) is 0 Å². The van der Waals surface area contributed by atoms with Crippen molar-refractivity contribution >= 4 is 5.97 Å². The largest absolute Gasteiger partial charge is 0.550 e. The quantitative estimate of drug-likeness (QED) is 0.605. The molecule has 1 aliphatic heterocycles. The minimum Gasteiger partial charge on any atom is -0.550 e. The van der Waals surface area contributed by atoms with Crippen LogP contribution in [0.4, 0.5) is 0 Å². The number of carbonyl (C=O) groups excluding carboxylic acids is 1. The fourth-order valence-corrected chi connectivity index (χ4v) is 1.62. The lowest BCUT2D eigenvalue weighted by molar-refractivity contribution is -0.313. The minimum atomic E-state index is -0.958. The van der Waals surface area contributed by atoms with Gasteiger partial charge in [0.2, 0.25) is 0 Å². The summed E-state index contributed by atoms with van der Waals surface area (Å²) in [4.78, 5) is 10.6. The summed E-state index contributed by atoms with van der Waals surface area (Å²) in [7, 11) is 0. The van der Waals surface area contributed by atoms with Gasteiger partial charge in [-0.2, -0.15) is 0 Å². The Morgan fingerprint density at radius 3 is 2.62 bits per heavy atom. The average Bonchev–Trinajstić information content (AvgIpc) is 2.14. The van der Waals surface area contributed by atoms with Crippen molar-refractivity contribution in [3.05, 3.63) is 0 Å². The number of carboxylic acid groups (broad SMARTS) is 1. The van der Waals surface area contributed by atoms with Crippen molar-refractivity contribution in [3.63, 3.8) is 0 Å². The maximum atomic E-state index is 10.6. The van der Waals surface area contributed by atoms with E-state index in [4.69, 9.17) is 4.74 Å². The van der Waals surface area contributed by atoms with Crippen LogP contribution in [0.2, 0.25) is 0 Å². The van der Waals surface area contributed by atoms with Crippen LogP contribution in [0.3, 0.4) is 0 Å². The molecule has 1 aliphatic rings. The van der Waals surface area contributed by atoms with Crippen molar-refractivity contribution in [2.45, 2.75) is 38.5 Å². The Hall–Kier alpha value is -0.570. The van der Waals surface area contributed by atoms with Gasteiger partial charge >= 0.3 is 0 Å². The van der Waals surface area contributed by atoms with Crippen LogP contribution >= 0.6 is 0 Å². The molecular weight excluding hydrogens is 168 g/mol. The van der Waals surface area contributed by atoms with Gasteiger partial charge in [-0.3, -0.25) is 0 Å². The maximum absolute atomic E-state index is 10.6. The Balaban J connectivity index is 2.30. The Morgan fingerprint density at radius 2 is 1.85 bits per heavy atom. The number of hydrogen-bond acceptors (Lipinski definition) is 3. The lowest BCUT2D eigenvalue weighted by Crippen LogP contribution is -2.34. The standard InChI is InChI=1S/C10H18O3/c11-10(12)9-6-4-2-1-3-5-7-13-8-9/h9H,1-8H2,(H,11,12)/p-1. The van der Waals surface area contributed by atoms with Gasteiger partial charge in [0, 0.05) is 18.5 Å². The van der Waals surface area contributed by atoms with Crippen molar-refractivity contribution in [1.82, 2.24) is 0 Å². The van der Waals surface area contributed by atoms with Gasteiger partial charge in [-0.1, -0.05) is 25.7 Å². The zero-order chi connectivity index (χ0) is 9.52. The summed E-state index contributed by atoms with van der Waals surface area (Å²) in [6, 6.07) is 0. The Kier molecular flexibility index (Phi) is 4.83. The van der Waals surface area contributed by atoms with Crippen molar-refractivity contribution in [3.8, 4) is 0 Å². The van der Waals surface area contributed by atoms with Crippen molar-refractivity contribution in [1.29, 1.82) is 0 Å². The summed E-state index contributed by atoms with van der Waals surface area (Å²) in [6.07, 6.45) is 6.30. The molecule has 0 bridgehead atoms. The number of rotatable bonds is 1. The van der Waals surface area contributed by atoms with E-state index in [1.165, 1.54) is 12.8 Å². The van der Waals surface area contributed by atoms with E-state index in [0.717, 1.165) is 19.3 Å². The number of hydrogen-bond donors (Lipinski definition) is 0. The van der Waals surface area contributed by atoms with Gasteiger partial charge in [0.05, 0.1) is 6.61 Å². The summed E-state index contributed by atoms with van der Waals surface area (Å²) in [5, 5.41) is 10.6. The first-order valence-electron chi connectivity index (χ1n) is 5.09. The maximum Gasteiger partial charge on any atom is 0.0546 e. The van der Waals surface area contributed by atoms with Crippen LogP contribution in [-0.4, -0.2) is 19.2 Å².